The van der Waals surface area contributed by atoms with Gasteiger partial charge in [0.05, 0.1) is 6.10 Å². The number of rotatable bonds is 5. The molecule has 18 heavy (non-hydrogen) atoms. The maximum absolute atomic E-state index is 5.78. The van der Waals surface area contributed by atoms with Crippen LogP contribution in [0.1, 0.15) is 46.5 Å². The summed E-state index contributed by atoms with van der Waals surface area (Å²) in [7, 11) is 0. The number of anilines is 1. The first-order valence-electron chi connectivity index (χ1n) is 7.05. The Bertz CT molecular complexity index is 373. The van der Waals surface area contributed by atoms with Crippen molar-refractivity contribution in [3.8, 4) is 5.75 Å². The summed E-state index contributed by atoms with van der Waals surface area (Å²) in [5.74, 6) is 2.52. The van der Waals surface area contributed by atoms with Crippen LogP contribution in [0.2, 0.25) is 0 Å². The quantitative estimate of drug-likeness (QED) is 0.859. The van der Waals surface area contributed by atoms with E-state index in [1.54, 1.807) is 0 Å². The lowest BCUT2D eigenvalue weighted by Crippen LogP contribution is -2.25. The number of ether oxygens (including phenoxy) is 1. The maximum Gasteiger partial charge on any atom is 0.168 e. The van der Waals surface area contributed by atoms with Gasteiger partial charge >= 0.3 is 0 Å². The van der Waals surface area contributed by atoms with Crippen molar-refractivity contribution in [1.29, 1.82) is 0 Å². The molecule has 1 fully saturated rings. The lowest BCUT2D eigenvalue weighted by molar-refractivity contribution is 0.242. The van der Waals surface area contributed by atoms with E-state index in [-0.39, 0.29) is 6.10 Å². The molecule has 1 N–H and O–H groups in total. The fraction of sp³-hybridized carbons (Fsp3) is 0.667. The number of hydrogen-bond acceptors (Lipinski definition) is 3. The molecular formula is C15H24N2O. The molecule has 1 aromatic heterocycles. The van der Waals surface area contributed by atoms with Gasteiger partial charge < -0.3 is 10.1 Å². The number of aromatic nitrogens is 1. The molecule has 2 rings (SSSR count). The van der Waals surface area contributed by atoms with E-state index in [9.17, 15) is 0 Å². The summed E-state index contributed by atoms with van der Waals surface area (Å²) in [5.41, 5.74) is 0. The fourth-order valence-corrected chi connectivity index (χ4v) is 2.64. The van der Waals surface area contributed by atoms with Gasteiger partial charge in [-0.25, -0.2) is 4.98 Å². The first kappa shape index (κ1) is 13.2. The molecule has 1 unspecified atom stereocenters. The first-order chi connectivity index (χ1) is 8.66. The summed E-state index contributed by atoms with van der Waals surface area (Å²) in [6.45, 7) is 6.33. The van der Waals surface area contributed by atoms with Gasteiger partial charge in [0.25, 0.3) is 0 Å². The van der Waals surface area contributed by atoms with Gasteiger partial charge in [-0.2, -0.15) is 0 Å². The highest BCUT2D eigenvalue weighted by Crippen LogP contribution is 2.31. The minimum absolute atomic E-state index is 0.177. The molecule has 1 aromatic rings. The number of nitrogens with one attached hydrogen (secondary N) is 1. The van der Waals surface area contributed by atoms with E-state index in [2.05, 4.69) is 17.2 Å². The molecule has 0 radical (unpaired) electrons. The largest absolute Gasteiger partial charge is 0.487 e. The van der Waals surface area contributed by atoms with Crippen LogP contribution in [0.3, 0.4) is 0 Å². The topological polar surface area (TPSA) is 34.1 Å². The van der Waals surface area contributed by atoms with Crippen LogP contribution in [0.4, 0.5) is 5.82 Å². The zero-order valence-corrected chi connectivity index (χ0v) is 11.6. The van der Waals surface area contributed by atoms with E-state index < -0.39 is 0 Å². The van der Waals surface area contributed by atoms with Gasteiger partial charge in [0.2, 0.25) is 0 Å². The number of hydrogen-bond donors (Lipinski definition) is 1. The third kappa shape index (κ3) is 3.37. The number of pyridine rings is 1. The highest BCUT2D eigenvalue weighted by Gasteiger charge is 2.22. The van der Waals surface area contributed by atoms with Crippen LogP contribution >= 0.6 is 0 Å². The Balaban J connectivity index is 2.03. The summed E-state index contributed by atoms with van der Waals surface area (Å²) in [4.78, 5) is 4.41. The second-order valence-corrected chi connectivity index (χ2v) is 5.49. The number of nitrogens with zero attached hydrogens (tertiary/aromatic N) is 1. The van der Waals surface area contributed by atoms with Crippen molar-refractivity contribution in [2.24, 2.45) is 5.92 Å². The molecule has 0 aromatic carbocycles. The van der Waals surface area contributed by atoms with Crippen LogP contribution in [0.25, 0.3) is 0 Å². The Morgan fingerprint density at radius 3 is 2.67 bits per heavy atom. The molecule has 3 nitrogen and oxygen atoms in total. The van der Waals surface area contributed by atoms with Crippen LogP contribution < -0.4 is 10.1 Å². The van der Waals surface area contributed by atoms with E-state index in [1.165, 1.54) is 25.7 Å². The minimum Gasteiger partial charge on any atom is -0.487 e. The third-order valence-corrected chi connectivity index (χ3v) is 3.60. The predicted molar refractivity (Wildman–Crippen MR) is 75.0 cm³/mol. The zero-order chi connectivity index (χ0) is 13.0. The summed E-state index contributed by atoms with van der Waals surface area (Å²) in [6, 6.07) is 4.37. The van der Waals surface area contributed by atoms with E-state index in [0.717, 1.165) is 17.5 Å². The van der Waals surface area contributed by atoms with Crippen molar-refractivity contribution in [3.05, 3.63) is 18.3 Å². The highest BCUT2D eigenvalue weighted by molar-refractivity contribution is 5.50. The average Bonchev–Trinajstić information content (AvgIpc) is 2.84. The molecule has 0 saturated heterocycles. The van der Waals surface area contributed by atoms with Crippen molar-refractivity contribution in [3.63, 3.8) is 0 Å². The smallest absolute Gasteiger partial charge is 0.168 e. The second-order valence-electron chi connectivity index (χ2n) is 5.49. The molecule has 1 aliphatic carbocycles. The van der Waals surface area contributed by atoms with Crippen molar-refractivity contribution in [2.75, 3.05) is 5.32 Å². The third-order valence-electron chi connectivity index (χ3n) is 3.60. The zero-order valence-electron chi connectivity index (χ0n) is 11.6. The van der Waals surface area contributed by atoms with E-state index in [4.69, 9.17) is 4.74 Å². The van der Waals surface area contributed by atoms with Crippen LogP contribution in [0.5, 0.6) is 5.75 Å². The van der Waals surface area contributed by atoms with Crippen molar-refractivity contribution in [2.45, 2.75) is 58.6 Å². The molecule has 1 atom stereocenters. The van der Waals surface area contributed by atoms with Gasteiger partial charge in [-0.15, -0.1) is 0 Å². The van der Waals surface area contributed by atoms with Crippen LogP contribution in [-0.4, -0.2) is 17.1 Å². The minimum atomic E-state index is 0.177. The van der Waals surface area contributed by atoms with Gasteiger partial charge in [-0.1, -0.05) is 12.8 Å². The van der Waals surface area contributed by atoms with Crippen molar-refractivity contribution in [1.82, 2.24) is 4.98 Å². The Hall–Kier alpha value is -1.25. The monoisotopic (exact) mass is 248 g/mol. The van der Waals surface area contributed by atoms with Crippen LogP contribution in [0, 0.1) is 5.92 Å². The molecule has 0 amide bonds. The molecule has 100 valence electrons. The van der Waals surface area contributed by atoms with E-state index in [1.807, 2.05) is 32.2 Å². The van der Waals surface area contributed by atoms with Crippen molar-refractivity contribution < 1.29 is 4.74 Å². The van der Waals surface area contributed by atoms with Gasteiger partial charge in [-0.3, -0.25) is 0 Å². The summed E-state index contributed by atoms with van der Waals surface area (Å²) < 4.78 is 5.78. The fourth-order valence-electron chi connectivity index (χ4n) is 2.64. The maximum atomic E-state index is 5.78. The first-order valence-corrected chi connectivity index (χ1v) is 7.05. The molecule has 1 heterocycles. The summed E-state index contributed by atoms with van der Waals surface area (Å²) in [5, 5.41) is 3.52. The van der Waals surface area contributed by atoms with Gasteiger partial charge in [0.15, 0.2) is 11.6 Å². The molecule has 0 aliphatic heterocycles. The summed E-state index contributed by atoms with van der Waals surface area (Å²) >= 11 is 0. The molecule has 1 saturated carbocycles. The Morgan fingerprint density at radius 1 is 1.28 bits per heavy atom. The normalized spacial score (nSPS) is 18.0. The molecular weight excluding hydrogens is 224 g/mol. The second kappa shape index (κ2) is 6.07. The van der Waals surface area contributed by atoms with E-state index >= 15 is 0 Å². The predicted octanol–water partition coefficient (Wildman–Crippen LogP) is 3.86. The lowest BCUT2D eigenvalue weighted by atomic mass is 10.00. The van der Waals surface area contributed by atoms with Gasteiger partial charge in [0, 0.05) is 12.2 Å². The van der Waals surface area contributed by atoms with Crippen molar-refractivity contribution >= 4 is 5.82 Å². The molecule has 0 spiro atoms. The van der Waals surface area contributed by atoms with Gasteiger partial charge in [-0.05, 0) is 51.7 Å². The average molecular weight is 248 g/mol. The standard InChI is InChI=1S/C15H24N2O/c1-11(2)18-14-9-6-10-16-15(14)17-12(3)13-7-4-5-8-13/h6,9-13H,4-5,7-8H2,1-3H3,(H,16,17). The van der Waals surface area contributed by atoms with Crippen LogP contribution in [0.15, 0.2) is 18.3 Å². The Morgan fingerprint density at radius 2 is 2.00 bits per heavy atom. The lowest BCUT2D eigenvalue weighted by Gasteiger charge is -2.22. The Labute approximate surface area is 110 Å². The Kier molecular flexibility index (Phi) is 4.45. The SMILES string of the molecule is CC(C)Oc1cccnc1NC(C)C1CCCC1. The highest BCUT2D eigenvalue weighted by atomic mass is 16.5. The molecule has 1 aliphatic rings. The van der Waals surface area contributed by atoms with E-state index in [0.29, 0.717) is 6.04 Å². The van der Waals surface area contributed by atoms with Gasteiger partial charge in [0.1, 0.15) is 0 Å². The van der Waals surface area contributed by atoms with Crippen LogP contribution in [-0.2, 0) is 0 Å². The molecule has 3 heteroatoms. The molecule has 0 bridgehead atoms. The summed E-state index contributed by atoms with van der Waals surface area (Å²) in [6.07, 6.45) is 7.40.